The van der Waals surface area contributed by atoms with E-state index in [1.807, 2.05) is 38.1 Å². The number of benzene rings is 1. The first-order chi connectivity index (χ1) is 10.8. The van der Waals surface area contributed by atoms with Crippen LogP contribution in [0, 0.1) is 6.92 Å². The van der Waals surface area contributed by atoms with Gasteiger partial charge in [-0.3, -0.25) is 0 Å². The van der Waals surface area contributed by atoms with Crippen molar-refractivity contribution in [3.05, 3.63) is 54.2 Å². The highest BCUT2D eigenvalue weighted by Crippen LogP contribution is 2.27. The van der Waals surface area contributed by atoms with E-state index in [-0.39, 0.29) is 6.10 Å². The van der Waals surface area contributed by atoms with Crippen LogP contribution in [0.25, 0.3) is 11.7 Å². The van der Waals surface area contributed by atoms with Crippen LogP contribution >= 0.6 is 0 Å². The molecule has 0 fully saturated rings. The van der Waals surface area contributed by atoms with Crippen molar-refractivity contribution in [1.29, 1.82) is 0 Å². The fourth-order valence-corrected chi connectivity index (χ4v) is 2.01. The third kappa shape index (κ3) is 2.95. The lowest BCUT2D eigenvalue weighted by atomic mass is 10.2. The molecule has 0 saturated carbocycles. The van der Waals surface area contributed by atoms with Gasteiger partial charge in [-0.05, 0) is 31.0 Å². The molecule has 0 amide bonds. The predicted octanol–water partition coefficient (Wildman–Crippen LogP) is 3.37. The molecule has 3 aromatic rings. The van der Waals surface area contributed by atoms with Crippen molar-refractivity contribution in [3.63, 3.8) is 0 Å². The van der Waals surface area contributed by atoms with Crippen LogP contribution in [0.15, 0.2) is 47.1 Å². The summed E-state index contributed by atoms with van der Waals surface area (Å²) < 4.78 is 11.7. The molecule has 3 rings (SSSR count). The summed E-state index contributed by atoms with van der Waals surface area (Å²) in [7, 11) is 0. The van der Waals surface area contributed by atoms with Gasteiger partial charge in [-0.15, -0.1) is 10.2 Å². The molecule has 112 valence electrons. The van der Waals surface area contributed by atoms with Crippen LogP contribution in [0.3, 0.4) is 0 Å². The number of hydrogen-bond donors (Lipinski definition) is 0. The van der Waals surface area contributed by atoms with Crippen molar-refractivity contribution in [2.75, 3.05) is 0 Å². The van der Waals surface area contributed by atoms with Crippen LogP contribution in [-0.2, 0) is 0 Å². The summed E-state index contributed by atoms with van der Waals surface area (Å²) in [5.74, 6) is 1.94. The largest absolute Gasteiger partial charge is 0.480 e. The molecule has 1 aromatic carbocycles. The molecule has 22 heavy (non-hydrogen) atoms. The van der Waals surface area contributed by atoms with Gasteiger partial charge in [0.15, 0.2) is 6.10 Å². The van der Waals surface area contributed by atoms with Crippen molar-refractivity contribution in [2.24, 2.45) is 0 Å². The van der Waals surface area contributed by atoms with Crippen LogP contribution in [0.4, 0.5) is 0 Å². The fraction of sp³-hybridized carbons (Fsp3) is 0.250. The van der Waals surface area contributed by atoms with Gasteiger partial charge >= 0.3 is 0 Å². The second-order valence-electron chi connectivity index (χ2n) is 4.80. The minimum absolute atomic E-state index is 0.294. The molecular weight excluding hydrogens is 280 g/mol. The Morgan fingerprint density at radius 2 is 1.86 bits per heavy atom. The molecule has 0 aliphatic carbocycles. The van der Waals surface area contributed by atoms with Crippen LogP contribution < -0.4 is 4.74 Å². The minimum Gasteiger partial charge on any atom is -0.480 e. The third-order valence-corrected chi connectivity index (χ3v) is 3.21. The molecule has 6 heteroatoms. The Balaban J connectivity index is 1.83. The van der Waals surface area contributed by atoms with Gasteiger partial charge in [-0.25, -0.2) is 9.97 Å². The monoisotopic (exact) mass is 296 g/mol. The molecule has 2 aromatic heterocycles. The summed E-state index contributed by atoms with van der Waals surface area (Å²) >= 11 is 0. The summed E-state index contributed by atoms with van der Waals surface area (Å²) in [6.45, 7) is 4.00. The SMILES string of the molecule is CCC(Oc1ccccc1C)c1nnc(-c2ncccn2)o1. The van der Waals surface area contributed by atoms with Crippen LogP contribution in [0.2, 0.25) is 0 Å². The lowest BCUT2D eigenvalue weighted by Crippen LogP contribution is -2.07. The van der Waals surface area contributed by atoms with Gasteiger partial charge in [0.1, 0.15) is 5.75 Å². The Hall–Kier alpha value is -2.76. The number of aromatic nitrogens is 4. The van der Waals surface area contributed by atoms with E-state index in [4.69, 9.17) is 9.15 Å². The molecule has 0 aliphatic rings. The van der Waals surface area contributed by atoms with E-state index in [1.54, 1.807) is 18.5 Å². The number of rotatable bonds is 5. The van der Waals surface area contributed by atoms with E-state index < -0.39 is 0 Å². The Bertz CT molecular complexity index is 743. The molecule has 0 saturated heterocycles. The summed E-state index contributed by atoms with van der Waals surface area (Å²) in [5, 5.41) is 8.07. The van der Waals surface area contributed by atoms with Gasteiger partial charge in [0.2, 0.25) is 5.82 Å². The lowest BCUT2D eigenvalue weighted by Gasteiger charge is -2.15. The zero-order valence-corrected chi connectivity index (χ0v) is 12.4. The molecule has 1 unspecified atom stereocenters. The molecule has 6 nitrogen and oxygen atoms in total. The van der Waals surface area contributed by atoms with E-state index in [9.17, 15) is 0 Å². The average molecular weight is 296 g/mol. The first-order valence-electron chi connectivity index (χ1n) is 7.11. The van der Waals surface area contributed by atoms with E-state index in [0.29, 0.717) is 24.0 Å². The van der Waals surface area contributed by atoms with Gasteiger partial charge in [0.05, 0.1) is 0 Å². The predicted molar refractivity (Wildman–Crippen MR) is 80.2 cm³/mol. The molecule has 1 atom stereocenters. The summed E-state index contributed by atoms with van der Waals surface area (Å²) in [6.07, 6.45) is 3.68. The molecule has 0 aliphatic heterocycles. The zero-order chi connectivity index (χ0) is 15.4. The topological polar surface area (TPSA) is 73.9 Å². The van der Waals surface area contributed by atoms with Crippen molar-refractivity contribution in [1.82, 2.24) is 20.2 Å². The molecule has 0 spiro atoms. The number of aryl methyl sites for hydroxylation is 1. The maximum Gasteiger partial charge on any atom is 0.285 e. The maximum atomic E-state index is 5.99. The van der Waals surface area contributed by atoms with E-state index in [2.05, 4.69) is 20.2 Å². The van der Waals surface area contributed by atoms with Crippen molar-refractivity contribution in [3.8, 4) is 17.5 Å². The number of nitrogens with zero attached hydrogens (tertiary/aromatic N) is 4. The summed E-state index contributed by atoms with van der Waals surface area (Å²) in [4.78, 5) is 8.19. The summed E-state index contributed by atoms with van der Waals surface area (Å²) in [5.41, 5.74) is 1.06. The molecule has 0 bridgehead atoms. The Labute approximate surface area is 128 Å². The normalized spacial score (nSPS) is 12.1. The Morgan fingerprint density at radius 1 is 1.09 bits per heavy atom. The minimum atomic E-state index is -0.300. The van der Waals surface area contributed by atoms with E-state index >= 15 is 0 Å². The molecule has 0 radical (unpaired) electrons. The smallest absolute Gasteiger partial charge is 0.285 e. The third-order valence-electron chi connectivity index (χ3n) is 3.21. The van der Waals surface area contributed by atoms with Crippen LogP contribution in [0.1, 0.15) is 30.9 Å². The molecule has 2 heterocycles. The van der Waals surface area contributed by atoms with Gasteiger partial charge in [-0.1, -0.05) is 25.1 Å². The summed E-state index contributed by atoms with van der Waals surface area (Å²) in [6, 6.07) is 9.57. The quantitative estimate of drug-likeness (QED) is 0.718. The highest BCUT2D eigenvalue weighted by atomic mass is 16.5. The standard InChI is InChI=1S/C16H16N4O2/c1-3-12(21-13-8-5-4-7-11(13)2)15-19-20-16(22-15)14-17-9-6-10-18-14/h4-10,12H,3H2,1-2H3. The molecular formula is C16H16N4O2. The highest BCUT2D eigenvalue weighted by molar-refractivity contribution is 5.38. The lowest BCUT2D eigenvalue weighted by molar-refractivity contribution is 0.165. The number of ether oxygens (including phenoxy) is 1. The first-order valence-corrected chi connectivity index (χ1v) is 7.11. The average Bonchev–Trinajstić information content (AvgIpc) is 3.05. The second kappa shape index (κ2) is 6.34. The first kappa shape index (κ1) is 14.2. The van der Waals surface area contributed by atoms with Crippen molar-refractivity contribution < 1.29 is 9.15 Å². The van der Waals surface area contributed by atoms with Crippen LogP contribution in [0.5, 0.6) is 5.75 Å². The number of para-hydroxylation sites is 1. The van der Waals surface area contributed by atoms with Crippen molar-refractivity contribution in [2.45, 2.75) is 26.4 Å². The Kier molecular flexibility index (Phi) is 4.09. The molecule has 0 N–H and O–H groups in total. The highest BCUT2D eigenvalue weighted by Gasteiger charge is 2.21. The van der Waals surface area contributed by atoms with Crippen LogP contribution in [-0.4, -0.2) is 20.2 Å². The van der Waals surface area contributed by atoms with E-state index in [1.165, 1.54) is 0 Å². The van der Waals surface area contributed by atoms with Gasteiger partial charge < -0.3 is 9.15 Å². The van der Waals surface area contributed by atoms with Gasteiger partial charge in [-0.2, -0.15) is 0 Å². The van der Waals surface area contributed by atoms with Gasteiger partial charge in [0, 0.05) is 12.4 Å². The van der Waals surface area contributed by atoms with Gasteiger partial charge in [0.25, 0.3) is 11.8 Å². The Morgan fingerprint density at radius 3 is 2.59 bits per heavy atom. The van der Waals surface area contributed by atoms with E-state index in [0.717, 1.165) is 11.3 Å². The zero-order valence-electron chi connectivity index (χ0n) is 12.4. The van der Waals surface area contributed by atoms with Crippen molar-refractivity contribution >= 4 is 0 Å². The fourth-order valence-electron chi connectivity index (χ4n) is 2.01. The maximum absolute atomic E-state index is 5.99. The number of hydrogen-bond acceptors (Lipinski definition) is 6. The second-order valence-corrected chi connectivity index (χ2v) is 4.80.